The summed E-state index contributed by atoms with van der Waals surface area (Å²) >= 11 is 0. The first kappa shape index (κ1) is 19.9. The Labute approximate surface area is 162 Å². The molecule has 1 saturated heterocycles. The molecule has 0 atom stereocenters. The molecule has 0 radical (unpaired) electrons. The number of anilines is 2. The molecule has 2 N–H and O–H groups in total. The van der Waals surface area contributed by atoms with Gasteiger partial charge in [0.25, 0.3) is 0 Å². The van der Waals surface area contributed by atoms with Gasteiger partial charge in [0.05, 0.1) is 16.8 Å². The number of fused-ring (bicyclic) bond motifs is 1. The molecule has 2 aliphatic rings. The SMILES string of the molecule is FC(F)(F)c1cc(Nc2ncc3c(n2)CCN(C2CNC2)C3)cc(C(F)(F)F)c1. The lowest BCUT2D eigenvalue weighted by atomic mass is 10.0. The molecule has 5 nitrogen and oxygen atoms in total. The monoisotopic (exact) mass is 417 g/mol. The molecule has 0 amide bonds. The van der Waals surface area contributed by atoms with Crippen LogP contribution in [0.25, 0.3) is 0 Å². The van der Waals surface area contributed by atoms with Gasteiger partial charge in [0.1, 0.15) is 0 Å². The number of halogens is 6. The summed E-state index contributed by atoms with van der Waals surface area (Å²) in [7, 11) is 0. The third kappa shape index (κ3) is 4.30. The van der Waals surface area contributed by atoms with E-state index in [0.29, 0.717) is 31.1 Å². The van der Waals surface area contributed by atoms with Crippen LogP contribution in [0.1, 0.15) is 22.4 Å². The van der Waals surface area contributed by atoms with E-state index >= 15 is 0 Å². The summed E-state index contributed by atoms with van der Waals surface area (Å²) in [6.45, 7) is 3.31. The van der Waals surface area contributed by atoms with Crippen molar-refractivity contribution in [2.45, 2.75) is 31.4 Å². The Morgan fingerprint density at radius 2 is 1.66 bits per heavy atom. The molecule has 0 unspecified atom stereocenters. The van der Waals surface area contributed by atoms with Crippen LogP contribution in [0.4, 0.5) is 38.0 Å². The van der Waals surface area contributed by atoms with Crippen molar-refractivity contribution in [3.05, 3.63) is 46.8 Å². The predicted molar refractivity (Wildman–Crippen MR) is 92.5 cm³/mol. The molecule has 156 valence electrons. The van der Waals surface area contributed by atoms with Crippen LogP contribution in [0.3, 0.4) is 0 Å². The number of nitrogens with zero attached hydrogens (tertiary/aromatic N) is 3. The lowest BCUT2D eigenvalue weighted by Gasteiger charge is -2.40. The van der Waals surface area contributed by atoms with E-state index in [1.807, 2.05) is 0 Å². The van der Waals surface area contributed by atoms with Crippen molar-refractivity contribution >= 4 is 11.6 Å². The topological polar surface area (TPSA) is 53.1 Å². The van der Waals surface area contributed by atoms with Gasteiger partial charge >= 0.3 is 12.4 Å². The van der Waals surface area contributed by atoms with E-state index in [-0.39, 0.29) is 17.7 Å². The van der Waals surface area contributed by atoms with Crippen LogP contribution >= 0.6 is 0 Å². The van der Waals surface area contributed by atoms with Crippen LogP contribution in [0, 0.1) is 0 Å². The summed E-state index contributed by atoms with van der Waals surface area (Å²) in [6, 6.07) is 1.78. The summed E-state index contributed by atoms with van der Waals surface area (Å²) in [5.74, 6) is -0.0324. The van der Waals surface area contributed by atoms with Crippen LogP contribution in [-0.2, 0) is 25.3 Å². The number of hydrogen-bond donors (Lipinski definition) is 2. The van der Waals surface area contributed by atoms with Gasteiger partial charge in [-0.3, -0.25) is 4.90 Å². The van der Waals surface area contributed by atoms with Crippen molar-refractivity contribution in [3.63, 3.8) is 0 Å². The molecule has 0 spiro atoms. The molecule has 0 saturated carbocycles. The average molecular weight is 417 g/mol. The van der Waals surface area contributed by atoms with Crippen molar-refractivity contribution in [3.8, 4) is 0 Å². The van der Waals surface area contributed by atoms with E-state index in [0.717, 1.165) is 30.9 Å². The van der Waals surface area contributed by atoms with Gasteiger partial charge in [0.15, 0.2) is 0 Å². The van der Waals surface area contributed by atoms with Crippen LogP contribution < -0.4 is 10.6 Å². The van der Waals surface area contributed by atoms with Gasteiger partial charge in [-0.1, -0.05) is 0 Å². The second kappa shape index (κ2) is 7.13. The van der Waals surface area contributed by atoms with Crippen molar-refractivity contribution in [2.24, 2.45) is 0 Å². The number of nitrogens with one attached hydrogen (secondary N) is 2. The zero-order chi connectivity index (χ0) is 20.8. The number of rotatable bonds is 3. The van der Waals surface area contributed by atoms with Gasteiger partial charge in [-0.15, -0.1) is 0 Å². The van der Waals surface area contributed by atoms with Gasteiger partial charge in [-0.25, -0.2) is 9.97 Å². The molecule has 1 fully saturated rings. The molecule has 29 heavy (non-hydrogen) atoms. The van der Waals surface area contributed by atoms with E-state index < -0.39 is 23.5 Å². The van der Waals surface area contributed by atoms with Crippen LogP contribution in [-0.4, -0.2) is 40.5 Å². The Bertz CT molecular complexity index is 874. The highest BCUT2D eigenvalue weighted by molar-refractivity contribution is 5.57. The molecule has 0 aliphatic carbocycles. The number of alkyl halides is 6. The van der Waals surface area contributed by atoms with Gasteiger partial charge in [0, 0.05) is 56.1 Å². The fourth-order valence-corrected chi connectivity index (χ4v) is 3.40. The highest BCUT2D eigenvalue weighted by atomic mass is 19.4. The first-order valence-electron chi connectivity index (χ1n) is 8.96. The smallest absolute Gasteiger partial charge is 0.324 e. The van der Waals surface area contributed by atoms with E-state index in [1.54, 1.807) is 6.20 Å². The minimum Gasteiger partial charge on any atom is -0.324 e. The minimum atomic E-state index is -4.91. The van der Waals surface area contributed by atoms with Gasteiger partial charge in [-0.2, -0.15) is 26.3 Å². The van der Waals surface area contributed by atoms with Gasteiger partial charge in [0.2, 0.25) is 5.95 Å². The summed E-state index contributed by atoms with van der Waals surface area (Å²) < 4.78 is 78.0. The number of aromatic nitrogens is 2. The minimum absolute atomic E-state index is 0.0324. The van der Waals surface area contributed by atoms with Crippen molar-refractivity contribution < 1.29 is 26.3 Å². The van der Waals surface area contributed by atoms with Crippen molar-refractivity contribution in [1.82, 2.24) is 20.2 Å². The third-order valence-corrected chi connectivity index (χ3v) is 5.08. The molecular formula is C18H17F6N5. The second-order valence-electron chi connectivity index (χ2n) is 7.12. The molecule has 0 bridgehead atoms. The summed E-state index contributed by atoms with van der Waals surface area (Å²) in [4.78, 5) is 10.7. The Morgan fingerprint density at radius 3 is 2.21 bits per heavy atom. The Hall–Kier alpha value is -2.40. The van der Waals surface area contributed by atoms with Crippen molar-refractivity contribution in [1.29, 1.82) is 0 Å². The molecule has 2 aromatic rings. The maximum atomic E-state index is 13.0. The second-order valence-corrected chi connectivity index (χ2v) is 7.12. The Balaban J connectivity index is 1.58. The fourth-order valence-electron chi connectivity index (χ4n) is 3.40. The first-order chi connectivity index (χ1) is 13.6. The Morgan fingerprint density at radius 1 is 1.00 bits per heavy atom. The Kier molecular flexibility index (Phi) is 4.89. The van der Waals surface area contributed by atoms with Gasteiger partial charge in [-0.05, 0) is 18.2 Å². The summed E-state index contributed by atoms with van der Waals surface area (Å²) in [5.41, 5.74) is -1.50. The van der Waals surface area contributed by atoms with E-state index in [9.17, 15) is 26.3 Å². The lowest BCUT2D eigenvalue weighted by molar-refractivity contribution is -0.143. The molecule has 4 rings (SSSR count). The largest absolute Gasteiger partial charge is 0.416 e. The molecule has 2 aliphatic heterocycles. The molecule has 3 heterocycles. The fraction of sp³-hybridized carbons (Fsp3) is 0.444. The maximum absolute atomic E-state index is 13.0. The quantitative estimate of drug-likeness (QED) is 0.748. The van der Waals surface area contributed by atoms with E-state index in [1.165, 1.54) is 0 Å². The van der Waals surface area contributed by atoms with E-state index in [4.69, 9.17) is 0 Å². The number of hydrogen-bond acceptors (Lipinski definition) is 5. The lowest BCUT2D eigenvalue weighted by Crippen LogP contribution is -2.58. The maximum Gasteiger partial charge on any atom is 0.416 e. The molecule has 1 aromatic carbocycles. The normalized spacial score (nSPS) is 18.3. The van der Waals surface area contributed by atoms with E-state index in [2.05, 4.69) is 25.5 Å². The highest BCUT2D eigenvalue weighted by Crippen LogP contribution is 2.38. The molecular weight excluding hydrogens is 400 g/mol. The molecule has 11 heteroatoms. The van der Waals surface area contributed by atoms with Crippen molar-refractivity contribution in [2.75, 3.05) is 25.0 Å². The number of benzene rings is 1. The standard InChI is InChI=1S/C18H17F6N5/c19-17(20,21)11-3-12(18(22,23)24)5-13(4-11)27-16-26-6-10-9-29(14-7-25-8-14)2-1-15(10)28-16/h3-6,14,25H,1-2,7-9H2,(H,26,27,28). The predicted octanol–water partition coefficient (Wildman–Crippen LogP) is 3.59. The summed E-state index contributed by atoms with van der Waals surface area (Å²) in [6.07, 6.45) is -7.61. The average Bonchev–Trinajstić information content (AvgIpc) is 2.58. The van der Waals surface area contributed by atoms with Crippen LogP contribution in [0.2, 0.25) is 0 Å². The highest BCUT2D eigenvalue weighted by Gasteiger charge is 2.37. The third-order valence-electron chi connectivity index (χ3n) is 5.08. The summed E-state index contributed by atoms with van der Waals surface area (Å²) in [5, 5.41) is 5.70. The zero-order valence-electron chi connectivity index (χ0n) is 15.0. The first-order valence-corrected chi connectivity index (χ1v) is 8.96. The zero-order valence-corrected chi connectivity index (χ0v) is 15.0. The van der Waals surface area contributed by atoms with Gasteiger partial charge < -0.3 is 10.6 Å². The van der Waals surface area contributed by atoms with Crippen LogP contribution in [0.5, 0.6) is 0 Å². The molecule has 1 aromatic heterocycles. The van der Waals surface area contributed by atoms with Crippen LogP contribution in [0.15, 0.2) is 24.4 Å².